The SMILES string of the molecule is CNC(C)c1ccc(F)cc1-c1cccc(OC)c1. The molecule has 0 amide bonds. The average Bonchev–Trinajstić information content (AvgIpc) is 2.46. The molecule has 2 aromatic rings. The standard InChI is InChI=1S/C16H18FNO/c1-11(18-2)15-8-7-13(17)10-16(15)12-5-4-6-14(9-12)19-3/h4-11,18H,1-3H3. The summed E-state index contributed by atoms with van der Waals surface area (Å²) in [7, 11) is 3.52. The summed E-state index contributed by atoms with van der Waals surface area (Å²) in [6.45, 7) is 2.05. The maximum Gasteiger partial charge on any atom is 0.123 e. The first-order valence-corrected chi connectivity index (χ1v) is 6.27. The molecule has 1 unspecified atom stereocenters. The van der Waals surface area contributed by atoms with E-state index in [-0.39, 0.29) is 11.9 Å². The lowest BCUT2D eigenvalue weighted by molar-refractivity contribution is 0.415. The van der Waals surface area contributed by atoms with Crippen molar-refractivity contribution in [1.82, 2.24) is 5.32 Å². The van der Waals surface area contributed by atoms with Crippen LogP contribution < -0.4 is 10.1 Å². The van der Waals surface area contributed by atoms with Crippen LogP contribution in [0.5, 0.6) is 5.75 Å². The summed E-state index contributed by atoms with van der Waals surface area (Å²) in [5, 5.41) is 3.19. The van der Waals surface area contributed by atoms with Crippen LogP contribution >= 0.6 is 0 Å². The van der Waals surface area contributed by atoms with E-state index >= 15 is 0 Å². The van der Waals surface area contributed by atoms with Crippen LogP contribution in [0.4, 0.5) is 4.39 Å². The Balaban J connectivity index is 2.55. The van der Waals surface area contributed by atoms with Gasteiger partial charge in [0.15, 0.2) is 0 Å². The van der Waals surface area contributed by atoms with E-state index in [2.05, 4.69) is 12.2 Å². The van der Waals surface area contributed by atoms with Gasteiger partial charge in [0.25, 0.3) is 0 Å². The lowest BCUT2D eigenvalue weighted by Gasteiger charge is -2.16. The largest absolute Gasteiger partial charge is 0.497 e. The van der Waals surface area contributed by atoms with Gasteiger partial charge in [-0.15, -0.1) is 0 Å². The van der Waals surface area contributed by atoms with Crippen molar-refractivity contribution >= 4 is 0 Å². The number of methoxy groups -OCH3 is 1. The molecule has 19 heavy (non-hydrogen) atoms. The first kappa shape index (κ1) is 13.6. The molecule has 0 radical (unpaired) electrons. The molecular weight excluding hydrogens is 241 g/mol. The van der Waals surface area contributed by atoms with Crippen molar-refractivity contribution in [3.05, 3.63) is 53.8 Å². The maximum absolute atomic E-state index is 13.5. The summed E-state index contributed by atoms with van der Waals surface area (Å²) >= 11 is 0. The molecule has 1 atom stereocenters. The number of hydrogen-bond donors (Lipinski definition) is 1. The highest BCUT2D eigenvalue weighted by Crippen LogP contribution is 2.31. The van der Waals surface area contributed by atoms with Crippen molar-refractivity contribution in [2.24, 2.45) is 0 Å². The van der Waals surface area contributed by atoms with Crippen LogP contribution in [0.25, 0.3) is 11.1 Å². The van der Waals surface area contributed by atoms with E-state index in [0.29, 0.717) is 0 Å². The predicted octanol–water partition coefficient (Wildman–Crippen LogP) is 3.78. The minimum atomic E-state index is -0.232. The summed E-state index contributed by atoms with van der Waals surface area (Å²) in [4.78, 5) is 0. The van der Waals surface area contributed by atoms with Crippen molar-refractivity contribution in [1.29, 1.82) is 0 Å². The van der Waals surface area contributed by atoms with Gasteiger partial charge in [-0.2, -0.15) is 0 Å². The summed E-state index contributed by atoms with van der Waals surface area (Å²) in [6.07, 6.45) is 0. The minimum absolute atomic E-state index is 0.154. The summed E-state index contributed by atoms with van der Waals surface area (Å²) < 4.78 is 18.8. The Labute approximate surface area is 113 Å². The van der Waals surface area contributed by atoms with Gasteiger partial charge in [0.2, 0.25) is 0 Å². The normalized spacial score (nSPS) is 12.2. The van der Waals surface area contributed by atoms with Crippen LogP contribution in [-0.2, 0) is 0 Å². The molecule has 1 N–H and O–H groups in total. The summed E-state index contributed by atoms with van der Waals surface area (Å²) in [5.41, 5.74) is 2.91. The van der Waals surface area contributed by atoms with E-state index in [0.717, 1.165) is 22.4 Å². The van der Waals surface area contributed by atoms with Gasteiger partial charge < -0.3 is 10.1 Å². The third-order valence-corrected chi connectivity index (χ3v) is 3.30. The molecule has 0 saturated heterocycles. The highest BCUT2D eigenvalue weighted by atomic mass is 19.1. The first-order chi connectivity index (χ1) is 9.15. The maximum atomic E-state index is 13.5. The van der Waals surface area contributed by atoms with Gasteiger partial charge in [-0.1, -0.05) is 18.2 Å². The van der Waals surface area contributed by atoms with Crippen LogP contribution in [-0.4, -0.2) is 14.2 Å². The fraction of sp³-hybridized carbons (Fsp3) is 0.250. The van der Waals surface area contributed by atoms with E-state index < -0.39 is 0 Å². The Kier molecular flexibility index (Phi) is 4.17. The number of ether oxygens (including phenoxy) is 1. The first-order valence-electron chi connectivity index (χ1n) is 6.27. The average molecular weight is 259 g/mol. The number of halogens is 1. The van der Waals surface area contributed by atoms with Crippen molar-refractivity contribution in [2.75, 3.05) is 14.2 Å². The smallest absolute Gasteiger partial charge is 0.123 e. The number of rotatable bonds is 4. The second-order valence-electron chi connectivity index (χ2n) is 4.47. The third kappa shape index (κ3) is 2.93. The molecule has 2 rings (SSSR count). The second kappa shape index (κ2) is 5.85. The fourth-order valence-electron chi connectivity index (χ4n) is 2.10. The predicted molar refractivity (Wildman–Crippen MR) is 75.9 cm³/mol. The fourth-order valence-corrected chi connectivity index (χ4v) is 2.10. The van der Waals surface area contributed by atoms with Crippen LogP contribution in [0.3, 0.4) is 0 Å². The Morgan fingerprint density at radius 2 is 1.95 bits per heavy atom. The topological polar surface area (TPSA) is 21.3 Å². The molecule has 0 fully saturated rings. The number of nitrogens with one attached hydrogen (secondary N) is 1. The van der Waals surface area contributed by atoms with Crippen molar-refractivity contribution < 1.29 is 9.13 Å². The Hall–Kier alpha value is -1.87. The lowest BCUT2D eigenvalue weighted by Crippen LogP contribution is -2.13. The Morgan fingerprint density at radius 1 is 1.16 bits per heavy atom. The van der Waals surface area contributed by atoms with E-state index in [1.807, 2.05) is 37.4 Å². The van der Waals surface area contributed by atoms with Crippen LogP contribution in [0, 0.1) is 5.82 Å². The van der Waals surface area contributed by atoms with E-state index in [1.165, 1.54) is 6.07 Å². The zero-order valence-corrected chi connectivity index (χ0v) is 11.4. The van der Waals surface area contributed by atoms with Gasteiger partial charge in [0, 0.05) is 6.04 Å². The molecule has 0 spiro atoms. The minimum Gasteiger partial charge on any atom is -0.497 e. The van der Waals surface area contributed by atoms with Gasteiger partial charge in [-0.05, 0) is 54.9 Å². The molecule has 0 saturated carbocycles. The summed E-state index contributed by atoms with van der Waals surface area (Å²) in [5.74, 6) is 0.537. The molecule has 100 valence electrons. The van der Waals surface area contributed by atoms with Crippen molar-refractivity contribution in [3.63, 3.8) is 0 Å². The molecule has 0 bridgehead atoms. The molecule has 0 heterocycles. The zero-order chi connectivity index (χ0) is 13.8. The van der Waals surface area contributed by atoms with E-state index in [4.69, 9.17) is 4.74 Å². The van der Waals surface area contributed by atoms with Crippen LogP contribution in [0.1, 0.15) is 18.5 Å². The van der Waals surface area contributed by atoms with Crippen molar-refractivity contribution in [2.45, 2.75) is 13.0 Å². The number of benzene rings is 2. The van der Waals surface area contributed by atoms with Crippen LogP contribution in [0.2, 0.25) is 0 Å². The molecule has 0 aliphatic rings. The van der Waals surface area contributed by atoms with E-state index in [9.17, 15) is 4.39 Å². The van der Waals surface area contributed by atoms with Gasteiger partial charge in [-0.25, -0.2) is 4.39 Å². The lowest BCUT2D eigenvalue weighted by atomic mass is 9.95. The monoisotopic (exact) mass is 259 g/mol. The number of hydrogen-bond acceptors (Lipinski definition) is 2. The van der Waals surface area contributed by atoms with Crippen LogP contribution in [0.15, 0.2) is 42.5 Å². The Bertz CT molecular complexity index is 568. The molecular formula is C16H18FNO. The van der Waals surface area contributed by atoms with Gasteiger partial charge in [0.1, 0.15) is 11.6 Å². The molecule has 0 aliphatic heterocycles. The van der Waals surface area contributed by atoms with Gasteiger partial charge >= 0.3 is 0 Å². The summed E-state index contributed by atoms with van der Waals surface area (Å²) in [6, 6.07) is 12.7. The molecule has 2 aromatic carbocycles. The van der Waals surface area contributed by atoms with Gasteiger partial charge in [0.05, 0.1) is 7.11 Å². The third-order valence-electron chi connectivity index (χ3n) is 3.30. The molecule has 0 aromatic heterocycles. The second-order valence-corrected chi connectivity index (χ2v) is 4.47. The quantitative estimate of drug-likeness (QED) is 0.902. The highest BCUT2D eigenvalue weighted by molar-refractivity contribution is 5.69. The van der Waals surface area contributed by atoms with Crippen molar-refractivity contribution in [3.8, 4) is 16.9 Å². The molecule has 0 aliphatic carbocycles. The molecule has 3 heteroatoms. The highest BCUT2D eigenvalue weighted by Gasteiger charge is 2.12. The zero-order valence-electron chi connectivity index (χ0n) is 11.4. The molecule has 2 nitrogen and oxygen atoms in total. The van der Waals surface area contributed by atoms with E-state index in [1.54, 1.807) is 13.2 Å². The Morgan fingerprint density at radius 3 is 2.63 bits per heavy atom. The van der Waals surface area contributed by atoms with Gasteiger partial charge in [-0.3, -0.25) is 0 Å².